The van der Waals surface area contributed by atoms with Gasteiger partial charge in [-0.1, -0.05) is 60.7 Å². The second kappa shape index (κ2) is 8.43. The van der Waals surface area contributed by atoms with Crippen molar-refractivity contribution in [1.29, 1.82) is 5.26 Å². The SMILES string of the molecule is C[NH+](CC(=O)Nc1sccc1C#N)C(c1ccccc1)c1ccccc1. The van der Waals surface area contributed by atoms with Gasteiger partial charge in [-0.05, 0) is 11.4 Å². The second-order valence-corrected chi connectivity index (χ2v) is 7.02. The third-order valence-electron chi connectivity index (χ3n) is 4.24. The van der Waals surface area contributed by atoms with Gasteiger partial charge in [-0.15, -0.1) is 11.3 Å². The number of carbonyl (C=O) groups is 1. The summed E-state index contributed by atoms with van der Waals surface area (Å²) in [4.78, 5) is 13.6. The van der Waals surface area contributed by atoms with Crippen LogP contribution in [-0.2, 0) is 4.79 Å². The molecule has 1 atom stereocenters. The van der Waals surface area contributed by atoms with Gasteiger partial charge in [-0.2, -0.15) is 5.26 Å². The van der Waals surface area contributed by atoms with E-state index in [9.17, 15) is 4.79 Å². The van der Waals surface area contributed by atoms with Crippen LogP contribution < -0.4 is 10.2 Å². The lowest BCUT2D eigenvalue weighted by Crippen LogP contribution is -3.10. The first-order valence-electron chi connectivity index (χ1n) is 8.38. The molecule has 26 heavy (non-hydrogen) atoms. The van der Waals surface area contributed by atoms with Gasteiger partial charge in [-0.3, -0.25) is 4.79 Å². The Kier molecular flexibility index (Phi) is 5.80. The van der Waals surface area contributed by atoms with Crippen molar-refractivity contribution in [1.82, 2.24) is 0 Å². The molecule has 0 aliphatic rings. The monoisotopic (exact) mass is 362 g/mol. The van der Waals surface area contributed by atoms with Crippen LogP contribution in [0, 0.1) is 11.3 Å². The fraction of sp³-hybridized carbons (Fsp3) is 0.143. The lowest BCUT2D eigenvalue weighted by molar-refractivity contribution is -0.897. The van der Waals surface area contributed by atoms with Gasteiger partial charge in [0.1, 0.15) is 17.1 Å². The quantitative estimate of drug-likeness (QED) is 0.708. The summed E-state index contributed by atoms with van der Waals surface area (Å²) in [6.45, 7) is 0.303. The minimum atomic E-state index is -0.0988. The number of likely N-dealkylation sites (N-methyl/N-ethyl adjacent to an activating group) is 1. The Hall–Kier alpha value is -2.94. The Morgan fingerprint density at radius 2 is 1.65 bits per heavy atom. The van der Waals surface area contributed by atoms with E-state index in [0.29, 0.717) is 17.1 Å². The minimum absolute atomic E-state index is 0.0573. The van der Waals surface area contributed by atoms with Crippen molar-refractivity contribution in [3.63, 3.8) is 0 Å². The number of quaternary nitrogens is 1. The van der Waals surface area contributed by atoms with Gasteiger partial charge < -0.3 is 10.2 Å². The van der Waals surface area contributed by atoms with Gasteiger partial charge in [0.05, 0.1) is 12.6 Å². The molecule has 0 fully saturated rings. The first-order chi connectivity index (χ1) is 12.7. The van der Waals surface area contributed by atoms with E-state index >= 15 is 0 Å². The molecule has 0 saturated heterocycles. The molecule has 2 aromatic carbocycles. The molecule has 4 nitrogen and oxygen atoms in total. The number of thiophene rings is 1. The third-order valence-corrected chi connectivity index (χ3v) is 5.07. The van der Waals surface area contributed by atoms with Gasteiger partial charge in [-0.25, -0.2) is 0 Å². The van der Waals surface area contributed by atoms with E-state index in [1.54, 1.807) is 6.07 Å². The summed E-state index contributed by atoms with van der Waals surface area (Å²) >= 11 is 1.37. The maximum Gasteiger partial charge on any atom is 0.280 e. The van der Waals surface area contributed by atoms with E-state index in [2.05, 4.69) is 35.7 Å². The zero-order valence-electron chi connectivity index (χ0n) is 14.5. The van der Waals surface area contributed by atoms with Crippen LogP contribution in [0.4, 0.5) is 5.00 Å². The van der Waals surface area contributed by atoms with Crippen molar-refractivity contribution in [2.75, 3.05) is 18.9 Å². The summed E-state index contributed by atoms with van der Waals surface area (Å²) in [5, 5.41) is 14.4. The lowest BCUT2D eigenvalue weighted by atomic mass is 9.97. The largest absolute Gasteiger partial charge is 0.320 e. The molecule has 0 spiro atoms. The van der Waals surface area contributed by atoms with Crippen LogP contribution in [0.15, 0.2) is 72.1 Å². The van der Waals surface area contributed by atoms with E-state index in [4.69, 9.17) is 5.26 Å². The van der Waals surface area contributed by atoms with E-state index in [1.165, 1.54) is 11.3 Å². The van der Waals surface area contributed by atoms with Crippen LogP contribution in [0.5, 0.6) is 0 Å². The van der Waals surface area contributed by atoms with Gasteiger partial charge >= 0.3 is 0 Å². The fourth-order valence-corrected chi connectivity index (χ4v) is 3.83. The molecule has 0 saturated carbocycles. The van der Waals surface area contributed by atoms with Gasteiger partial charge in [0.2, 0.25) is 0 Å². The molecular formula is C21H20N3OS+. The number of nitriles is 1. The normalized spacial score (nSPS) is 11.7. The maximum atomic E-state index is 12.5. The number of carbonyl (C=O) groups excluding carboxylic acids is 1. The molecule has 3 aromatic rings. The first kappa shape index (κ1) is 17.9. The van der Waals surface area contributed by atoms with E-state index in [1.807, 2.05) is 48.8 Å². The topological polar surface area (TPSA) is 57.3 Å². The number of anilines is 1. The number of nitrogens with zero attached hydrogens (tertiary/aromatic N) is 1. The highest BCUT2D eigenvalue weighted by atomic mass is 32.1. The zero-order chi connectivity index (χ0) is 18.4. The summed E-state index contributed by atoms with van der Waals surface area (Å²) in [5.74, 6) is -0.0988. The van der Waals surface area contributed by atoms with Crippen LogP contribution in [0.3, 0.4) is 0 Å². The molecular weight excluding hydrogens is 342 g/mol. The third kappa shape index (κ3) is 4.17. The van der Waals surface area contributed by atoms with E-state index in [-0.39, 0.29) is 11.9 Å². The number of benzene rings is 2. The molecule has 1 aromatic heterocycles. The summed E-state index contributed by atoms with van der Waals surface area (Å²) in [7, 11) is 2.02. The molecule has 0 radical (unpaired) electrons. The highest BCUT2D eigenvalue weighted by Gasteiger charge is 2.25. The highest BCUT2D eigenvalue weighted by Crippen LogP contribution is 2.22. The highest BCUT2D eigenvalue weighted by molar-refractivity contribution is 7.14. The molecule has 5 heteroatoms. The first-order valence-corrected chi connectivity index (χ1v) is 9.26. The summed E-state index contributed by atoms with van der Waals surface area (Å²) in [6, 6.07) is 24.3. The van der Waals surface area contributed by atoms with E-state index in [0.717, 1.165) is 16.0 Å². The Morgan fingerprint density at radius 3 is 2.19 bits per heavy atom. The average Bonchev–Trinajstić information content (AvgIpc) is 3.10. The van der Waals surface area contributed by atoms with Crippen molar-refractivity contribution in [3.8, 4) is 6.07 Å². The van der Waals surface area contributed by atoms with Crippen LogP contribution in [-0.4, -0.2) is 19.5 Å². The fourth-order valence-electron chi connectivity index (χ4n) is 3.07. The molecule has 0 aliphatic heterocycles. The Labute approximate surface area is 157 Å². The maximum absolute atomic E-state index is 12.5. The molecule has 0 bridgehead atoms. The van der Waals surface area contributed by atoms with Crippen LogP contribution in [0.2, 0.25) is 0 Å². The van der Waals surface area contributed by atoms with Gasteiger partial charge in [0.15, 0.2) is 6.54 Å². The molecule has 2 N–H and O–H groups in total. The van der Waals surface area contributed by atoms with Crippen molar-refractivity contribution in [2.45, 2.75) is 6.04 Å². The number of rotatable bonds is 6. The zero-order valence-corrected chi connectivity index (χ0v) is 15.3. The number of nitrogens with one attached hydrogen (secondary N) is 2. The Morgan fingerprint density at radius 1 is 1.08 bits per heavy atom. The van der Waals surface area contributed by atoms with Gasteiger partial charge in [0, 0.05) is 11.1 Å². The van der Waals surface area contributed by atoms with Crippen molar-refractivity contribution in [2.24, 2.45) is 0 Å². The predicted octanol–water partition coefficient (Wildman–Crippen LogP) is 2.86. The number of hydrogen-bond acceptors (Lipinski definition) is 3. The molecule has 130 valence electrons. The number of hydrogen-bond donors (Lipinski definition) is 2. The average molecular weight is 362 g/mol. The predicted molar refractivity (Wildman–Crippen MR) is 104 cm³/mol. The minimum Gasteiger partial charge on any atom is -0.320 e. The van der Waals surface area contributed by atoms with E-state index < -0.39 is 0 Å². The molecule has 1 unspecified atom stereocenters. The van der Waals surface area contributed by atoms with Crippen LogP contribution in [0.25, 0.3) is 0 Å². The van der Waals surface area contributed by atoms with Crippen molar-refractivity contribution < 1.29 is 9.69 Å². The smallest absolute Gasteiger partial charge is 0.280 e. The summed E-state index contributed by atoms with van der Waals surface area (Å²) < 4.78 is 0. The lowest BCUT2D eigenvalue weighted by Gasteiger charge is -2.25. The van der Waals surface area contributed by atoms with Crippen LogP contribution >= 0.6 is 11.3 Å². The molecule has 3 rings (SSSR count). The molecule has 0 aliphatic carbocycles. The second-order valence-electron chi connectivity index (χ2n) is 6.10. The molecule has 1 heterocycles. The number of amides is 1. The molecule has 1 amide bonds. The Bertz CT molecular complexity index is 860. The van der Waals surface area contributed by atoms with Crippen molar-refractivity contribution >= 4 is 22.2 Å². The van der Waals surface area contributed by atoms with Crippen LogP contribution in [0.1, 0.15) is 22.7 Å². The van der Waals surface area contributed by atoms with Gasteiger partial charge in [0.25, 0.3) is 5.91 Å². The standard InChI is InChI=1S/C21H19N3OS/c1-24(15-19(25)23-21-18(14-22)12-13-26-21)20(16-8-4-2-5-9-16)17-10-6-3-7-11-17/h2-13,20H,15H2,1H3,(H,23,25)/p+1. The Balaban J connectivity index is 1.79. The summed E-state index contributed by atoms with van der Waals surface area (Å²) in [5.41, 5.74) is 2.83. The van der Waals surface area contributed by atoms with Crippen molar-refractivity contribution in [3.05, 3.63) is 88.8 Å². The summed E-state index contributed by atoms with van der Waals surface area (Å²) in [6.07, 6.45) is 0.